The zero-order chi connectivity index (χ0) is 26.0. The van der Waals surface area contributed by atoms with Crippen molar-refractivity contribution in [1.82, 2.24) is 10.6 Å². The number of nitrogens with one attached hydrogen (secondary N) is 2. The lowest BCUT2D eigenvalue weighted by Crippen LogP contribution is -2.48. The molecule has 0 aliphatic carbocycles. The van der Waals surface area contributed by atoms with Gasteiger partial charge in [-0.25, -0.2) is 4.79 Å². The molecule has 0 spiro atoms. The first-order chi connectivity index (χ1) is 16.6. The predicted octanol–water partition coefficient (Wildman–Crippen LogP) is 0.370. The summed E-state index contributed by atoms with van der Waals surface area (Å²) in [6, 6.07) is 11.3. The number of aliphatic carboxylic acids is 1. The number of benzene rings is 2. The molecule has 2 aromatic carbocycles. The van der Waals surface area contributed by atoms with Gasteiger partial charge in [-0.15, -0.1) is 0 Å². The number of aliphatic imine (C=N–C) groups is 1. The molecule has 2 aromatic rings. The highest BCUT2D eigenvalue weighted by atomic mass is 16.4. The smallest absolute Gasteiger partial charge is 0.330 e. The van der Waals surface area contributed by atoms with E-state index in [1.54, 1.807) is 30.3 Å². The van der Waals surface area contributed by atoms with E-state index in [-0.39, 0.29) is 30.1 Å². The molecule has 35 heavy (non-hydrogen) atoms. The molecule has 0 saturated carbocycles. The fourth-order valence-corrected chi connectivity index (χ4v) is 3.41. The average Bonchev–Trinajstić information content (AvgIpc) is 2.83. The van der Waals surface area contributed by atoms with Crippen LogP contribution in [0.5, 0.6) is 0 Å². The van der Waals surface area contributed by atoms with Gasteiger partial charge >= 0.3 is 5.97 Å². The van der Waals surface area contributed by atoms with Crippen molar-refractivity contribution in [2.75, 3.05) is 6.54 Å². The summed E-state index contributed by atoms with van der Waals surface area (Å²) in [6.45, 7) is 1.48. The summed E-state index contributed by atoms with van der Waals surface area (Å²) in [5.74, 6) is -2.99. The summed E-state index contributed by atoms with van der Waals surface area (Å²) in [7, 11) is 0. The van der Waals surface area contributed by atoms with Crippen LogP contribution in [0.3, 0.4) is 0 Å². The number of nitrogens with zero attached hydrogens (tertiary/aromatic N) is 1. The van der Waals surface area contributed by atoms with Crippen LogP contribution in [0, 0.1) is 0 Å². The van der Waals surface area contributed by atoms with Gasteiger partial charge < -0.3 is 32.9 Å². The second-order valence-corrected chi connectivity index (χ2v) is 7.86. The number of Topliss-reactive ketones (excluding diaryl/α,β-unsaturated/α-hetero) is 1. The minimum absolute atomic E-state index is 0.0992. The van der Waals surface area contributed by atoms with Gasteiger partial charge in [-0.1, -0.05) is 48.5 Å². The molecule has 0 heterocycles. The number of nitrogens with two attached hydrogens (primary N) is 3. The molecule has 0 aliphatic rings. The van der Waals surface area contributed by atoms with E-state index in [2.05, 4.69) is 15.6 Å². The molecule has 3 atom stereocenters. The zero-order valence-electron chi connectivity index (χ0n) is 19.3. The Balaban J connectivity index is 2.20. The van der Waals surface area contributed by atoms with Crippen molar-refractivity contribution in [3.8, 4) is 0 Å². The van der Waals surface area contributed by atoms with Crippen molar-refractivity contribution < 1.29 is 24.3 Å². The van der Waals surface area contributed by atoms with E-state index in [1.807, 2.05) is 0 Å². The molecule has 0 bridgehead atoms. The second-order valence-electron chi connectivity index (χ2n) is 7.86. The van der Waals surface area contributed by atoms with Crippen LogP contribution in [0.15, 0.2) is 59.6 Å². The maximum Gasteiger partial charge on any atom is 0.330 e. The summed E-state index contributed by atoms with van der Waals surface area (Å²) < 4.78 is 0. The Morgan fingerprint density at radius 1 is 0.971 bits per heavy atom. The van der Waals surface area contributed by atoms with Crippen LogP contribution in [-0.2, 0) is 14.4 Å². The van der Waals surface area contributed by atoms with Gasteiger partial charge in [0, 0.05) is 19.0 Å². The monoisotopic (exact) mass is 482 g/mol. The Bertz CT molecular complexity index is 1080. The third kappa shape index (κ3) is 8.23. The number of guanidine groups is 1. The second kappa shape index (κ2) is 12.8. The van der Waals surface area contributed by atoms with Crippen LogP contribution >= 0.6 is 0 Å². The average molecular weight is 483 g/mol. The largest absolute Gasteiger partial charge is 0.479 e. The van der Waals surface area contributed by atoms with Gasteiger partial charge in [-0.2, -0.15) is 0 Å². The minimum atomic E-state index is -1.46. The standard InChI is InChI=1S/C24H30N6O5/c1-14(31)29-18(11-6-12-28-24(26)27)22(33)30-20(23(34)35)16-9-5-10-17(13-16)21(32)19(25)15-7-3-2-4-8-15/h2-5,7-10,13,18-20H,6,11-12,25H2,1H3,(H,29,31)(H,30,33)(H,34,35)(H4,26,27,28)/t18-,19?,20?/m0/s1. The van der Waals surface area contributed by atoms with Gasteiger partial charge in [-0.3, -0.25) is 19.4 Å². The highest BCUT2D eigenvalue weighted by molar-refractivity contribution is 6.01. The quantitative estimate of drug-likeness (QED) is 0.108. The van der Waals surface area contributed by atoms with Gasteiger partial charge in [0.05, 0.1) is 6.04 Å². The number of carboxylic acids is 1. The number of hydrogen-bond acceptors (Lipinski definition) is 6. The molecular weight excluding hydrogens is 452 g/mol. The Hall–Kier alpha value is -4.25. The number of carbonyl (C=O) groups is 4. The number of carbonyl (C=O) groups excluding carboxylic acids is 3. The zero-order valence-corrected chi connectivity index (χ0v) is 19.3. The van der Waals surface area contributed by atoms with Gasteiger partial charge in [0.25, 0.3) is 0 Å². The lowest BCUT2D eigenvalue weighted by molar-refractivity contribution is -0.142. The first-order valence-corrected chi connectivity index (χ1v) is 10.9. The van der Waals surface area contributed by atoms with Gasteiger partial charge in [0.15, 0.2) is 17.8 Å². The molecule has 0 saturated heterocycles. The van der Waals surface area contributed by atoms with E-state index in [0.717, 1.165) is 0 Å². The molecule has 9 N–H and O–H groups in total. The van der Waals surface area contributed by atoms with Gasteiger partial charge in [-0.05, 0) is 30.0 Å². The van der Waals surface area contributed by atoms with E-state index in [0.29, 0.717) is 12.0 Å². The highest BCUT2D eigenvalue weighted by Gasteiger charge is 2.28. The van der Waals surface area contributed by atoms with Crippen molar-refractivity contribution >= 4 is 29.5 Å². The van der Waals surface area contributed by atoms with E-state index < -0.39 is 41.7 Å². The minimum Gasteiger partial charge on any atom is -0.479 e. The van der Waals surface area contributed by atoms with Crippen LogP contribution in [0.1, 0.15) is 53.3 Å². The lowest BCUT2D eigenvalue weighted by Gasteiger charge is -2.21. The van der Waals surface area contributed by atoms with Crippen LogP contribution in [-0.4, -0.2) is 47.2 Å². The third-order valence-corrected chi connectivity index (χ3v) is 5.12. The highest BCUT2D eigenvalue weighted by Crippen LogP contribution is 2.20. The fraction of sp³-hybridized carbons (Fsp3) is 0.292. The predicted molar refractivity (Wildman–Crippen MR) is 130 cm³/mol. The van der Waals surface area contributed by atoms with Crippen LogP contribution in [0.2, 0.25) is 0 Å². The van der Waals surface area contributed by atoms with Crippen molar-refractivity contribution in [3.05, 3.63) is 71.3 Å². The number of amides is 2. The number of carboxylic acid groups (broad SMARTS) is 1. The molecule has 0 aliphatic heterocycles. The van der Waals surface area contributed by atoms with Crippen LogP contribution in [0.25, 0.3) is 0 Å². The van der Waals surface area contributed by atoms with Gasteiger partial charge in [0.2, 0.25) is 11.8 Å². The van der Waals surface area contributed by atoms with Crippen molar-refractivity contribution in [2.45, 2.75) is 37.9 Å². The van der Waals surface area contributed by atoms with Crippen LogP contribution in [0.4, 0.5) is 0 Å². The van der Waals surface area contributed by atoms with Crippen LogP contribution < -0.4 is 27.8 Å². The maximum absolute atomic E-state index is 12.9. The van der Waals surface area contributed by atoms with E-state index in [9.17, 15) is 24.3 Å². The number of rotatable bonds is 12. The van der Waals surface area contributed by atoms with Crippen molar-refractivity contribution in [2.24, 2.45) is 22.2 Å². The van der Waals surface area contributed by atoms with E-state index in [4.69, 9.17) is 17.2 Å². The normalized spacial score (nSPS) is 13.1. The third-order valence-electron chi connectivity index (χ3n) is 5.12. The molecule has 186 valence electrons. The van der Waals surface area contributed by atoms with E-state index in [1.165, 1.54) is 31.2 Å². The van der Waals surface area contributed by atoms with Crippen molar-refractivity contribution in [3.63, 3.8) is 0 Å². The van der Waals surface area contributed by atoms with Gasteiger partial charge in [0.1, 0.15) is 6.04 Å². The number of hydrogen-bond donors (Lipinski definition) is 6. The molecule has 11 nitrogen and oxygen atoms in total. The Labute approximate surface area is 202 Å². The molecule has 2 rings (SSSR count). The number of ketones is 1. The maximum atomic E-state index is 12.9. The molecule has 0 aromatic heterocycles. The Morgan fingerprint density at radius 3 is 2.23 bits per heavy atom. The summed E-state index contributed by atoms with van der Waals surface area (Å²) in [4.78, 5) is 53.1. The SMILES string of the molecule is CC(=O)N[C@@H](CCCN=C(N)N)C(=O)NC(C(=O)O)c1cccc(C(=O)C(N)c2ccccc2)c1. The topological polar surface area (TPSA) is 203 Å². The first kappa shape index (κ1) is 27.0. The molecule has 0 fully saturated rings. The molecule has 11 heteroatoms. The Morgan fingerprint density at radius 2 is 1.63 bits per heavy atom. The first-order valence-electron chi connectivity index (χ1n) is 10.9. The summed E-state index contributed by atoms with van der Waals surface area (Å²) in [5.41, 5.74) is 17.7. The molecule has 0 radical (unpaired) electrons. The Kier molecular flexibility index (Phi) is 9.91. The molecular formula is C24H30N6O5. The van der Waals surface area contributed by atoms with Crippen molar-refractivity contribution in [1.29, 1.82) is 0 Å². The summed E-state index contributed by atoms with van der Waals surface area (Å²) in [6.07, 6.45) is 0.550. The summed E-state index contributed by atoms with van der Waals surface area (Å²) >= 11 is 0. The lowest BCUT2D eigenvalue weighted by atomic mass is 9.95. The molecule has 2 unspecified atom stereocenters. The summed E-state index contributed by atoms with van der Waals surface area (Å²) in [5, 5.41) is 14.7. The fourth-order valence-electron chi connectivity index (χ4n) is 3.41. The van der Waals surface area contributed by atoms with E-state index >= 15 is 0 Å². The molecule has 2 amide bonds.